The average Bonchev–Trinajstić information content (AvgIpc) is 2.53. The highest BCUT2D eigenvalue weighted by atomic mass is 32.2. The number of carbonyl (C=O) groups excluding carboxylic acids is 1. The van der Waals surface area contributed by atoms with E-state index in [1.54, 1.807) is 19.2 Å². The van der Waals surface area contributed by atoms with E-state index in [2.05, 4.69) is 0 Å². The van der Waals surface area contributed by atoms with Crippen LogP contribution in [0.3, 0.4) is 0 Å². The molecule has 0 aliphatic carbocycles. The van der Waals surface area contributed by atoms with E-state index in [9.17, 15) is 18.3 Å². The Bertz CT molecular complexity index is 878. The van der Waals surface area contributed by atoms with Crippen molar-refractivity contribution in [3.8, 4) is 5.75 Å². The molecule has 0 saturated carbocycles. The topological polar surface area (TPSA) is 113 Å². The third-order valence-corrected chi connectivity index (χ3v) is 5.40. The van der Waals surface area contributed by atoms with Crippen molar-refractivity contribution < 1.29 is 27.6 Å². The van der Waals surface area contributed by atoms with Gasteiger partial charge in [0.05, 0.1) is 29.2 Å². The normalized spacial score (nSPS) is 11.2. The van der Waals surface area contributed by atoms with Gasteiger partial charge >= 0.3 is 0 Å². The number of pyridine rings is 1. The largest absolute Gasteiger partial charge is 0.545 e. The third-order valence-electron chi connectivity index (χ3n) is 3.57. The first-order valence-corrected chi connectivity index (χ1v) is 8.77. The van der Waals surface area contributed by atoms with E-state index in [0.717, 1.165) is 0 Å². The Morgan fingerprint density at radius 1 is 1.38 bits per heavy atom. The maximum Gasteiger partial charge on any atom is 0.184 e. The number of aromatic carboxylic acids is 1. The zero-order valence-corrected chi connectivity index (χ0v) is 14.2. The lowest BCUT2D eigenvalue weighted by molar-refractivity contribution is -0.692. The maximum atomic E-state index is 12.6. The number of carboxylic acid groups (broad SMARTS) is 1. The Kier molecular flexibility index (Phi) is 5.08. The van der Waals surface area contributed by atoms with E-state index in [1.165, 1.54) is 36.1 Å². The molecule has 0 saturated heterocycles. The summed E-state index contributed by atoms with van der Waals surface area (Å²) in [6.45, 7) is 1.77. The fourth-order valence-corrected chi connectivity index (χ4v) is 3.83. The second kappa shape index (κ2) is 6.88. The van der Waals surface area contributed by atoms with Gasteiger partial charge in [0.2, 0.25) is 0 Å². The van der Waals surface area contributed by atoms with E-state index < -0.39 is 15.8 Å². The molecule has 128 valence electrons. The zero-order valence-electron chi connectivity index (χ0n) is 13.4. The molecule has 1 aromatic heterocycles. The van der Waals surface area contributed by atoms with Gasteiger partial charge in [0.1, 0.15) is 11.5 Å². The molecule has 0 aliphatic rings. The summed E-state index contributed by atoms with van der Waals surface area (Å²) in [5.74, 6) is -1.21. The smallest absolute Gasteiger partial charge is 0.184 e. The van der Waals surface area contributed by atoms with Crippen molar-refractivity contribution in [2.75, 3.05) is 18.6 Å². The van der Waals surface area contributed by atoms with Crippen LogP contribution in [0.4, 0.5) is 5.69 Å². The number of nitrogens with two attached hydrogens (primary N) is 1. The van der Waals surface area contributed by atoms with E-state index >= 15 is 0 Å². The first-order valence-electron chi connectivity index (χ1n) is 7.12. The quantitative estimate of drug-likeness (QED) is 0.566. The molecule has 0 unspecified atom stereocenters. The van der Waals surface area contributed by atoms with Crippen LogP contribution < -0.4 is 20.1 Å². The molecule has 0 aliphatic heterocycles. The number of benzene rings is 1. The molecule has 2 rings (SSSR count). The Morgan fingerprint density at radius 2 is 2.08 bits per heavy atom. The summed E-state index contributed by atoms with van der Waals surface area (Å²) in [6.07, 6.45) is 2.93. The summed E-state index contributed by atoms with van der Waals surface area (Å²) in [5, 5.41) is 10.9. The van der Waals surface area contributed by atoms with Gasteiger partial charge < -0.3 is 20.4 Å². The van der Waals surface area contributed by atoms with Crippen molar-refractivity contribution >= 4 is 21.5 Å². The van der Waals surface area contributed by atoms with Gasteiger partial charge in [-0.2, -0.15) is 0 Å². The van der Waals surface area contributed by atoms with Crippen LogP contribution in [0.2, 0.25) is 0 Å². The summed E-state index contributed by atoms with van der Waals surface area (Å²) in [6, 6.07) is 5.86. The van der Waals surface area contributed by atoms with Crippen molar-refractivity contribution in [1.82, 2.24) is 0 Å². The van der Waals surface area contributed by atoms with Crippen LogP contribution in [0.15, 0.2) is 41.6 Å². The Hall–Kier alpha value is -2.61. The fourth-order valence-electron chi connectivity index (χ4n) is 2.32. The number of hydrogen-bond donors (Lipinski definition) is 1. The number of carboxylic acids is 1. The Labute approximate surface area is 140 Å². The van der Waals surface area contributed by atoms with Gasteiger partial charge in [-0.25, -0.2) is 13.0 Å². The highest BCUT2D eigenvalue weighted by molar-refractivity contribution is 7.91. The third kappa shape index (κ3) is 3.83. The van der Waals surface area contributed by atoms with Gasteiger partial charge in [-0.05, 0) is 24.6 Å². The van der Waals surface area contributed by atoms with Crippen LogP contribution in [0, 0.1) is 6.92 Å². The second-order valence-corrected chi connectivity index (χ2v) is 7.37. The zero-order chi connectivity index (χ0) is 17.9. The Morgan fingerprint density at radius 3 is 2.71 bits per heavy atom. The molecule has 1 heterocycles. The molecule has 7 nitrogen and oxygen atoms in total. The van der Waals surface area contributed by atoms with Gasteiger partial charge in [0, 0.05) is 12.1 Å². The highest BCUT2D eigenvalue weighted by Crippen LogP contribution is 2.28. The number of carbonyl (C=O) groups is 1. The first kappa shape index (κ1) is 17.7. The molecule has 24 heavy (non-hydrogen) atoms. The minimum atomic E-state index is -3.59. The number of aryl methyl sites for hydroxylation is 2. The van der Waals surface area contributed by atoms with E-state index in [0.29, 0.717) is 17.0 Å². The lowest BCUT2D eigenvalue weighted by Gasteiger charge is -2.11. The molecule has 8 heteroatoms. The van der Waals surface area contributed by atoms with Crippen LogP contribution in [-0.2, 0) is 16.4 Å². The van der Waals surface area contributed by atoms with E-state index in [-0.39, 0.29) is 22.8 Å². The van der Waals surface area contributed by atoms with Gasteiger partial charge in [0.15, 0.2) is 28.8 Å². The Balaban J connectivity index is 2.26. The molecular formula is C16H18N2O5S. The number of nitrogen functional groups attached to an aromatic ring is 1. The molecule has 0 bridgehead atoms. The summed E-state index contributed by atoms with van der Waals surface area (Å²) >= 11 is 0. The predicted octanol–water partition coefficient (Wildman–Crippen LogP) is -0.289. The number of ether oxygens (including phenoxy) is 1. The van der Waals surface area contributed by atoms with E-state index in [4.69, 9.17) is 10.5 Å². The molecule has 0 radical (unpaired) electrons. The SMILES string of the molecule is COc1cc(S(=O)(=O)CC[n+]2cccc(C(=O)[O-])c2)c(C)cc1N. The van der Waals surface area contributed by atoms with Gasteiger partial charge in [0.25, 0.3) is 0 Å². The minimum absolute atomic E-state index is 0.0137. The lowest BCUT2D eigenvalue weighted by Crippen LogP contribution is -2.38. The summed E-state index contributed by atoms with van der Waals surface area (Å²) in [5.41, 5.74) is 6.65. The van der Waals surface area contributed by atoms with Crippen LogP contribution in [0.5, 0.6) is 5.75 Å². The van der Waals surface area contributed by atoms with Crippen LogP contribution >= 0.6 is 0 Å². The van der Waals surface area contributed by atoms with Crippen molar-refractivity contribution in [3.63, 3.8) is 0 Å². The average molecular weight is 350 g/mol. The number of aromatic nitrogens is 1. The first-order chi connectivity index (χ1) is 11.2. The van der Waals surface area contributed by atoms with Crippen LogP contribution in [0.1, 0.15) is 15.9 Å². The summed E-state index contributed by atoms with van der Waals surface area (Å²) < 4.78 is 31.7. The van der Waals surface area contributed by atoms with Crippen LogP contribution in [-0.4, -0.2) is 27.2 Å². The van der Waals surface area contributed by atoms with Crippen molar-refractivity contribution in [3.05, 3.63) is 47.8 Å². The monoisotopic (exact) mass is 350 g/mol. The number of hydrogen-bond acceptors (Lipinski definition) is 6. The summed E-state index contributed by atoms with van der Waals surface area (Å²) in [4.78, 5) is 11.0. The molecular weight excluding hydrogens is 332 g/mol. The lowest BCUT2D eigenvalue weighted by atomic mass is 10.2. The molecule has 0 fully saturated rings. The van der Waals surface area contributed by atoms with Gasteiger partial charge in [-0.1, -0.05) is 0 Å². The number of sulfone groups is 1. The number of methoxy groups -OCH3 is 1. The van der Waals surface area contributed by atoms with Crippen molar-refractivity contribution in [2.24, 2.45) is 0 Å². The van der Waals surface area contributed by atoms with Gasteiger partial charge in [-0.3, -0.25) is 0 Å². The van der Waals surface area contributed by atoms with E-state index in [1.807, 2.05) is 0 Å². The standard InChI is InChI=1S/C16H18N2O5S/c1-11-8-13(17)14(23-2)9-15(11)24(21,22)7-6-18-5-3-4-12(10-18)16(19)20/h3-5,8-10H,6-7,17H2,1-2H3. The number of nitrogens with zero attached hydrogens (tertiary/aromatic N) is 1. The molecule has 2 N–H and O–H groups in total. The van der Waals surface area contributed by atoms with Crippen LogP contribution in [0.25, 0.3) is 0 Å². The molecule has 1 aromatic carbocycles. The summed E-state index contributed by atoms with van der Waals surface area (Å²) in [7, 11) is -2.18. The minimum Gasteiger partial charge on any atom is -0.545 e. The van der Waals surface area contributed by atoms with Gasteiger partial charge in [-0.15, -0.1) is 0 Å². The highest BCUT2D eigenvalue weighted by Gasteiger charge is 2.21. The molecule has 0 atom stereocenters. The molecule has 2 aromatic rings. The van der Waals surface area contributed by atoms with Crippen molar-refractivity contribution in [1.29, 1.82) is 0 Å². The maximum absolute atomic E-state index is 12.6. The predicted molar refractivity (Wildman–Crippen MR) is 85.2 cm³/mol. The molecule has 0 amide bonds. The van der Waals surface area contributed by atoms with Crippen molar-refractivity contribution in [2.45, 2.75) is 18.4 Å². The second-order valence-electron chi connectivity index (χ2n) is 5.30. The molecule has 0 spiro atoms. The number of anilines is 1. The number of rotatable bonds is 6. The fraction of sp³-hybridized carbons (Fsp3) is 0.250.